The van der Waals surface area contributed by atoms with Gasteiger partial charge in [0.1, 0.15) is 45.1 Å². The van der Waals surface area contributed by atoms with Crippen molar-refractivity contribution in [2.45, 2.75) is 44.1 Å². The number of sulfone groups is 4. The smallest absolute Gasteiger partial charge is 0.297 e. The third kappa shape index (κ3) is 9.72. The first-order valence-corrected chi connectivity index (χ1v) is 35.1. The van der Waals surface area contributed by atoms with Crippen molar-refractivity contribution in [1.82, 2.24) is 0 Å². The van der Waals surface area contributed by atoms with Gasteiger partial charge >= 0.3 is 0 Å². The highest BCUT2D eigenvalue weighted by molar-refractivity contribution is 7.93. The molecule has 0 aliphatic heterocycles. The van der Waals surface area contributed by atoms with Gasteiger partial charge in [-0.15, -0.1) is 0 Å². The van der Waals surface area contributed by atoms with Crippen molar-refractivity contribution < 1.29 is 89.1 Å². The molecule has 0 saturated heterocycles. The third-order valence-electron chi connectivity index (χ3n) is 14.9. The van der Waals surface area contributed by atoms with Crippen LogP contribution in [0, 0.1) is 0 Å². The van der Waals surface area contributed by atoms with Crippen LogP contribution in [0.4, 0.5) is 0 Å². The fourth-order valence-corrected chi connectivity index (χ4v) is 16.9. The second-order valence-electron chi connectivity index (χ2n) is 19.8. The first-order chi connectivity index (χ1) is 39.2. The average molecular weight is 1260 g/mol. The van der Waals surface area contributed by atoms with Crippen LogP contribution in [-0.2, 0) is 69.5 Å². The standard InChI is InChI=1S/2C20H18O6S2.C18H14O8S2/c1-25-15-9-16(26-2)12-6-8-14-18(28(4,23)24)10-17(27(3,21)22)13-7-5-11(15)19(12)20(13)14;1-3-27(23,24)17-10-18(28(25,26)4-2)14-8-6-12-16(22)9-15(21)11-5-7-13(17)20(14)19(11)12;1-26-28(24,25)16-6-9(8-27(21,22)23)10-2-3-11-14(19)7-15(20)12-4-5-13(16)17(10)18(11)12/h5-10H,1-4H3;5-10,21-22H,3-4H2,1-2H3;2-7,19-20H,8H2,1H3,(H,21,22,23). The molecule has 0 amide bonds. The molecule has 0 spiro atoms. The van der Waals surface area contributed by atoms with Gasteiger partial charge in [0, 0.05) is 117 Å². The summed E-state index contributed by atoms with van der Waals surface area (Å²) in [5.74, 6) is -0.810. The van der Waals surface area contributed by atoms with Crippen molar-refractivity contribution >= 4 is 157 Å². The summed E-state index contributed by atoms with van der Waals surface area (Å²) in [4.78, 5) is -0.440. The molecule has 12 rings (SSSR count). The van der Waals surface area contributed by atoms with Gasteiger partial charge in [0.25, 0.3) is 20.2 Å². The molecule has 84 heavy (non-hydrogen) atoms. The van der Waals surface area contributed by atoms with Gasteiger partial charge in [0.05, 0.1) is 52.4 Å². The topological polar surface area (TPSA) is 334 Å². The quantitative estimate of drug-likeness (QED) is 0.0431. The molecule has 0 heterocycles. The second-order valence-corrected chi connectivity index (χ2v) is 31.4. The predicted molar refractivity (Wildman–Crippen MR) is 321 cm³/mol. The van der Waals surface area contributed by atoms with E-state index in [1.807, 2.05) is 0 Å². The Balaban J connectivity index is 0.000000140. The molecule has 0 aliphatic carbocycles. The van der Waals surface area contributed by atoms with E-state index in [1.165, 1.54) is 76.6 Å². The number of phenolic OH excluding ortho intramolecular Hbond substituents is 4. The van der Waals surface area contributed by atoms with Gasteiger partial charge < -0.3 is 29.9 Å². The van der Waals surface area contributed by atoms with Gasteiger partial charge in [-0.2, -0.15) is 16.8 Å². The molecular weight excluding hydrogens is 1210 g/mol. The van der Waals surface area contributed by atoms with Gasteiger partial charge in [-0.05, 0) is 70.9 Å². The van der Waals surface area contributed by atoms with E-state index in [0.29, 0.717) is 92.3 Å². The highest BCUT2D eigenvalue weighted by atomic mass is 32.2. The van der Waals surface area contributed by atoms with Crippen molar-refractivity contribution in [3.63, 3.8) is 0 Å². The summed E-state index contributed by atoms with van der Waals surface area (Å²) in [6, 6.07) is 27.1. The number of methoxy groups -OCH3 is 2. The first-order valence-electron chi connectivity index (χ1n) is 25.0. The average Bonchev–Trinajstić information content (AvgIpc) is 0.775. The minimum absolute atomic E-state index is 0.0170. The van der Waals surface area contributed by atoms with Crippen LogP contribution < -0.4 is 9.47 Å². The van der Waals surface area contributed by atoms with Crippen molar-refractivity contribution in [3.05, 3.63) is 115 Å². The van der Waals surface area contributed by atoms with Gasteiger partial charge in [0.15, 0.2) is 39.3 Å². The Bertz CT molecular complexity index is 5260. The number of rotatable bonds is 12. The van der Waals surface area contributed by atoms with Crippen LogP contribution in [0.5, 0.6) is 34.5 Å². The van der Waals surface area contributed by atoms with Gasteiger partial charge in [-0.3, -0.25) is 8.74 Å². The third-order valence-corrected chi connectivity index (χ3v) is 22.7. The van der Waals surface area contributed by atoms with Gasteiger partial charge in [-0.25, -0.2) is 33.7 Å². The minimum Gasteiger partial charge on any atom is -0.507 e. The van der Waals surface area contributed by atoms with Crippen LogP contribution in [0.2, 0.25) is 0 Å². The Kier molecular flexibility index (Phi) is 14.5. The molecule has 0 fully saturated rings. The number of hydrogen-bond donors (Lipinski definition) is 5. The van der Waals surface area contributed by atoms with Crippen LogP contribution in [0.3, 0.4) is 0 Å². The highest BCUT2D eigenvalue weighted by Crippen LogP contribution is 2.49. The zero-order valence-corrected chi connectivity index (χ0v) is 50.2. The number of hydrogen-bond acceptors (Lipinski definition) is 19. The lowest BCUT2D eigenvalue weighted by Gasteiger charge is -2.18. The number of phenols is 4. The second kappa shape index (κ2) is 20.5. The summed E-state index contributed by atoms with van der Waals surface area (Å²) in [6.07, 6.45) is 2.15. The van der Waals surface area contributed by atoms with Crippen LogP contribution in [0.25, 0.3) is 97.0 Å². The lowest BCUT2D eigenvalue weighted by atomic mass is 9.91. The van der Waals surface area contributed by atoms with Crippen LogP contribution in [0.1, 0.15) is 19.4 Å². The van der Waals surface area contributed by atoms with Crippen molar-refractivity contribution in [2.75, 3.05) is 45.3 Å². The zero-order chi connectivity index (χ0) is 61.3. The van der Waals surface area contributed by atoms with E-state index in [9.17, 15) is 75.5 Å². The van der Waals surface area contributed by atoms with Crippen LogP contribution in [0.15, 0.2) is 134 Å². The lowest BCUT2D eigenvalue weighted by Crippen LogP contribution is -2.10. The fourth-order valence-electron chi connectivity index (χ4n) is 11.1. The normalized spacial score (nSPS) is 13.0. The minimum atomic E-state index is -4.46. The molecule has 5 N–H and O–H groups in total. The monoisotopic (exact) mass is 1260 g/mol. The molecule has 0 saturated carbocycles. The lowest BCUT2D eigenvalue weighted by molar-refractivity contribution is 0.398. The summed E-state index contributed by atoms with van der Waals surface area (Å²) in [7, 11) is -19.4. The molecular formula is C58H50O20S6. The van der Waals surface area contributed by atoms with E-state index in [4.69, 9.17) is 9.47 Å². The number of ether oxygens (including phenoxy) is 2. The van der Waals surface area contributed by atoms with E-state index in [2.05, 4.69) is 4.18 Å². The largest absolute Gasteiger partial charge is 0.507 e. The Morgan fingerprint density at radius 2 is 0.643 bits per heavy atom. The Labute approximate surface area is 481 Å². The van der Waals surface area contributed by atoms with Gasteiger partial charge in [-0.1, -0.05) is 50.2 Å². The molecule has 12 aromatic rings. The van der Waals surface area contributed by atoms with E-state index in [-0.39, 0.29) is 69.9 Å². The highest BCUT2D eigenvalue weighted by Gasteiger charge is 2.30. The predicted octanol–water partition coefficient (Wildman–Crippen LogP) is 9.71. The maximum Gasteiger partial charge on any atom is 0.297 e. The van der Waals surface area contributed by atoms with Crippen molar-refractivity contribution in [1.29, 1.82) is 0 Å². The molecule has 20 nitrogen and oxygen atoms in total. The summed E-state index contributed by atoms with van der Waals surface area (Å²) in [6.45, 7) is 3.00. The summed E-state index contributed by atoms with van der Waals surface area (Å²) in [5, 5.41) is 49.2. The Morgan fingerprint density at radius 1 is 0.357 bits per heavy atom. The molecule has 0 radical (unpaired) electrons. The molecule has 0 bridgehead atoms. The molecule has 0 unspecified atom stereocenters. The Hall–Kier alpha value is -7.82. The van der Waals surface area contributed by atoms with Crippen LogP contribution >= 0.6 is 0 Å². The van der Waals surface area contributed by atoms with Gasteiger partial charge in [0.2, 0.25) is 0 Å². The van der Waals surface area contributed by atoms with Crippen LogP contribution in [-0.4, -0.2) is 121 Å². The first kappa shape index (κ1) is 59.3. The molecule has 438 valence electrons. The maximum absolute atomic E-state index is 12.8. The molecule has 26 heteroatoms. The Morgan fingerprint density at radius 3 is 0.976 bits per heavy atom. The van der Waals surface area contributed by atoms with E-state index >= 15 is 0 Å². The zero-order valence-electron chi connectivity index (χ0n) is 45.3. The van der Waals surface area contributed by atoms with E-state index in [0.717, 1.165) is 36.5 Å². The van der Waals surface area contributed by atoms with E-state index in [1.54, 1.807) is 54.6 Å². The molecule has 0 aromatic heterocycles. The summed E-state index contributed by atoms with van der Waals surface area (Å²) < 4.78 is 174. The number of aromatic hydroxyl groups is 4. The van der Waals surface area contributed by atoms with E-state index < -0.39 is 65.3 Å². The number of benzene rings is 12. The summed E-state index contributed by atoms with van der Waals surface area (Å²) in [5.41, 5.74) is 0.0443. The SMILES string of the molecule is CCS(=O)(=O)c1cc(S(=O)(=O)CC)c2ccc3c(O)cc(O)c4ccc1c2c43.COS(=O)(=O)c1cc(CS(=O)(=O)O)c2ccc3c(O)cc(O)c4ccc1c2c34.COc1cc(OC)c2ccc3c(S(C)(=O)=O)cc(S(C)(=O)=O)c4ccc1c2c43. The maximum atomic E-state index is 12.8. The molecule has 12 aromatic carbocycles. The van der Waals surface area contributed by atoms with Crippen molar-refractivity contribution in [2.24, 2.45) is 0 Å². The molecule has 0 aliphatic rings. The fraction of sp³-hybridized carbons (Fsp3) is 0.172. The summed E-state index contributed by atoms with van der Waals surface area (Å²) >= 11 is 0. The van der Waals surface area contributed by atoms with Crippen molar-refractivity contribution in [3.8, 4) is 34.5 Å². The molecule has 0 atom stereocenters.